The van der Waals surface area contributed by atoms with Crippen LogP contribution in [0.4, 0.5) is 10.1 Å². The van der Waals surface area contributed by atoms with Gasteiger partial charge in [0.25, 0.3) is 5.91 Å². The van der Waals surface area contributed by atoms with E-state index < -0.39 is 11.7 Å². The summed E-state index contributed by atoms with van der Waals surface area (Å²) in [5.74, 6) is -0.959. The third-order valence-corrected chi connectivity index (χ3v) is 3.07. The molecule has 1 heterocycles. The number of aromatic nitrogens is 2. The number of phenolic OH excluding ortho intramolecular Hbond substituents is 1. The topological polar surface area (TPSA) is 67.2 Å². The Morgan fingerprint density at radius 1 is 1.09 bits per heavy atom. The molecule has 110 valence electrons. The molecule has 0 spiro atoms. The Hall–Kier alpha value is -3.15. The summed E-state index contributed by atoms with van der Waals surface area (Å²) in [6, 6.07) is 14.0. The Balaban J connectivity index is 1.84. The number of anilines is 1. The van der Waals surface area contributed by atoms with Crippen LogP contribution in [0.15, 0.2) is 60.8 Å². The molecule has 0 bridgehead atoms. The van der Waals surface area contributed by atoms with Gasteiger partial charge in [-0.2, -0.15) is 5.10 Å². The van der Waals surface area contributed by atoms with Crippen LogP contribution in [0.3, 0.4) is 0 Å². The number of carbonyl (C=O) groups excluding carboxylic acids is 1. The highest BCUT2D eigenvalue weighted by molar-refractivity contribution is 6.03. The lowest BCUT2D eigenvalue weighted by molar-refractivity contribution is 0.102. The fourth-order valence-electron chi connectivity index (χ4n) is 1.98. The molecule has 0 radical (unpaired) electrons. The van der Waals surface area contributed by atoms with E-state index in [-0.39, 0.29) is 22.8 Å². The van der Waals surface area contributed by atoms with E-state index in [9.17, 15) is 14.3 Å². The van der Waals surface area contributed by atoms with E-state index in [1.165, 1.54) is 29.1 Å². The monoisotopic (exact) mass is 297 g/mol. The van der Waals surface area contributed by atoms with Crippen LogP contribution in [0.5, 0.6) is 5.75 Å². The Bertz CT molecular complexity index is 830. The number of hydrogen-bond donors (Lipinski definition) is 2. The van der Waals surface area contributed by atoms with Gasteiger partial charge in [0.05, 0.1) is 5.69 Å². The molecule has 1 amide bonds. The summed E-state index contributed by atoms with van der Waals surface area (Å²) < 4.78 is 15.0. The Morgan fingerprint density at radius 2 is 1.82 bits per heavy atom. The molecule has 0 fully saturated rings. The molecule has 0 unspecified atom stereocenters. The molecule has 3 aromatic rings. The minimum absolute atomic E-state index is 0.0376. The van der Waals surface area contributed by atoms with Crippen LogP contribution in [-0.4, -0.2) is 20.8 Å². The van der Waals surface area contributed by atoms with E-state index in [1.54, 1.807) is 36.4 Å². The standard InChI is InChI=1S/C16H12FN3O2/c17-11-5-1-3-7-14(11)20-10-9-13(19-20)16(22)18-12-6-2-4-8-15(12)21/h1-10,21H,(H,18,22). The first kappa shape index (κ1) is 13.8. The summed E-state index contributed by atoms with van der Waals surface area (Å²) in [5, 5.41) is 16.2. The van der Waals surface area contributed by atoms with Crippen LogP contribution in [0.2, 0.25) is 0 Å². The highest BCUT2D eigenvalue weighted by Gasteiger charge is 2.13. The van der Waals surface area contributed by atoms with Crippen molar-refractivity contribution in [3.05, 3.63) is 72.3 Å². The second-order valence-electron chi connectivity index (χ2n) is 4.57. The van der Waals surface area contributed by atoms with Crippen LogP contribution < -0.4 is 5.32 Å². The highest BCUT2D eigenvalue weighted by Crippen LogP contribution is 2.22. The van der Waals surface area contributed by atoms with Crippen molar-refractivity contribution in [3.8, 4) is 11.4 Å². The number of nitrogens with one attached hydrogen (secondary N) is 1. The summed E-state index contributed by atoms with van der Waals surface area (Å²) in [7, 11) is 0. The highest BCUT2D eigenvalue weighted by atomic mass is 19.1. The van der Waals surface area contributed by atoms with E-state index >= 15 is 0 Å². The van der Waals surface area contributed by atoms with Gasteiger partial charge in [-0.05, 0) is 30.3 Å². The number of rotatable bonds is 3. The summed E-state index contributed by atoms with van der Waals surface area (Å²) in [5.41, 5.74) is 0.656. The molecule has 6 heteroatoms. The summed E-state index contributed by atoms with van der Waals surface area (Å²) in [6.45, 7) is 0. The number of para-hydroxylation sites is 3. The van der Waals surface area contributed by atoms with Gasteiger partial charge >= 0.3 is 0 Å². The van der Waals surface area contributed by atoms with Crippen molar-refractivity contribution in [3.63, 3.8) is 0 Å². The number of halogens is 1. The van der Waals surface area contributed by atoms with Crippen LogP contribution >= 0.6 is 0 Å². The molecular weight excluding hydrogens is 285 g/mol. The third-order valence-electron chi connectivity index (χ3n) is 3.07. The number of nitrogens with zero attached hydrogens (tertiary/aromatic N) is 2. The van der Waals surface area contributed by atoms with Crippen molar-refractivity contribution < 1.29 is 14.3 Å². The molecule has 0 saturated heterocycles. The zero-order valence-electron chi connectivity index (χ0n) is 11.4. The zero-order valence-corrected chi connectivity index (χ0v) is 11.4. The van der Waals surface area contributed by atoms with E-state index in [4.69, 9.17) is 0 Å². The molecule has 5 nitrogen and oxygen atoms in total. The van der Waals surface area contributed by atoms with Gasteiger partial charge in [-0.25, -0.2) is 9.07 Å². The average Bonchev–Trinajstić information content (AvgIpc) is 3.00. The first-order valence-corrected chi connectivity index (χ1v) is 6.55. The molecule has 0 saturated carbocycles. The average molecular weight is 297 g/mol. The first-order chi connectivity index (χ1) is 10.6. The second kappa shape index (κ2) is 5.69. The normalized spacial score (nSPS) is 10.4. The van der Waals surface area contributed by atoms with Crippen molar-refractivity contribution >= 4 is 11.6 Å². The largest absolute Gasteiger partial charge is 0.506 e. The number of benzene rings is 2. The molecule has 0 aliphatic carbocycles. The maximum Gasteiger partial charge on any atom is 0.276 e. The Kier molecular flexibility index (Phi) is 3.57. The van der Waals surface area contributed by atoms with Gasteiger partial charge in [-0.3, -0.25) is 4.79 Å². The van der Waals surface area contributed by atoms with E-state index in [0.717, 1.165) is 0 Å². The molecule has 1 aromatic heterocycles. The summed E-state index contributed by atoms with van der Waals surface area (Å²) in [4.78, 5) is 12.1. The van der Waals surface area contributed by atoms with Gasteiger partial charge in [0.15, 0.2) is 5.69 Å². The van der Waals surface area contributed by atoms with Crippen LogP contribution in [0.25, 0.3) is 5.69 Å². The fraction of sp³-hybridized carbons (Fsp3) is 0. The van der Waals surface area contributed by atoms with E-state index in [0.29, 0.717) is 0 Å². The predicted octanol–water partition coefficient (Wildman–Crippen LogP) is 2.97. The predicted molar refractivity (Wildman–Crippen MR) is 79.6 cm³/mol. The summed E-state index contributed by atoms with van der Waals surface area (Å²) in [6.07, 6.45) is 1.50. The van der Waals surface area contributed by atoms with Crippen molar-refractivity contribution in [1.82, 2.24) is 9.78 Å². The number of phenols is 1. The van der Waals surface area contributed by atoms with Crippen molar-refractivity contribution in [2.75, 3.05) is 5.32 Å². The lowest BCUT2D eigenvalue weighted by Crippen LogP contribution is -2.13. The van der Waals surface area contributed by atoms with E-state index in [1.807, 2.05) is 0 Å². The fourth-order valence-corrected chi connectivity index (χ4v) is 1.98. The Labute approximate surface area is 125 Å². The van der Waals surface area contributed by atoms with Crippen LogP contribution in [0, 0.1) is 5.82 Å². The summed E-state index contributed by atoms with van der Waals surface area (Å²) >= 11 is 0. The molecule has 0 aliphatic rings. The number of aromatic hydroxyl groups is 1. The zero-order chi connectivity index (χ0) is 15.5. The molecular formula is C16H12FN3O2. The molecule has 22 heavy (non-hydrogen) atoms. The van der Waals surface area contributed by atoms with Gasteiger partial charge in [-0.15, -0.1) is 0 Å². The number of amides is 1. The lowest BCUT2D eigenvalue weighted by atomic mass is 10.3. The number of carbonyl (C=O) groups is 1. The third kappa shape index (κ3) is 2.67. The molecule has 2 aromatic carbocycles. The van der Waals surface area contributed by atoms with Crippen molar-refractivity contribution in [2.45, 2.75) is 0 Å². The molecule has 2 N–H and O–H groups in total. The van der Waals surface area contributed by atoms with Gasteiger partial charge in [-0.1, -0.05) is 24.3 Å². The van der Waals surface area contributed by atoms with Crippen LogP contribution in [0.1, 0.15) is 10.5 Å². The van der Waals surface area contributed by atoms with Crippen LogP contribution in [-0.2, 0) is 0 Å². The number of hydrogen-bond acceptors (Lipinski definition) is 3. The van der Waals surface area contributed by atoms with Crippen molar-refractivity contribution in [2.24, 2.45) is 0 Å². The lowest BCUT2D eigenvalue weighted by Gasteiger charge is -2.05. The minimum atomic E-state index is -0.489. The molecule has 0 atom stereocenters. The van der Waals surface area contributed by atoms with Gasteiger partial charge in [0, 0.05) is 6.20 Å². The van der Waals surface area contributed by atoms with Gasteiger partial charge in [0.1, 0.15) is 17.3 Å². The first-order valence-electron chi connectivity index (χ1n) is 6.55. The smallest absolute Gasteiger partial charge is 0.276 e. The molecule has 3 rings (SSSR count). The second-order valence-corrected chi connectivity index (χ2v) is 4.57. The SMILES string of the molecule is O=C(Nc1ccccc1O)c1ccn(-c2ccccc2F)n1. The van der Waals surface area contributed by atoms with Gasteiger partial charge < -0.3 is 10.4 Å². The minimum Gasteiger partial charge on any atom is -0.506 e. The maximum absolute atomic E-state index is 13.7. The van der Waals surface area contributed by atoms with E-state index in [2.05, 4.69) is 10.4 Å². The molecule has 0 aliphatic heterocycles. The van der Waals surface area contributed by atoms with Crippen molar-refractivity contribution in [1.29, 1.82) is 0 Å². The quantitative estimate of drug-likeness (QED) is 0.730. The maximum atomic E-state index is 13.7. The Morgan fingerprint density at radius 3 is 2.59 bits per heavy atom. The van der Waals surface area contributed by atoms with Gasteiger partial charge in [0.2, 0.25) is 0 Å².